The van der Waals surface area contributed by atoms with E-state index in [1.807, 2.05) is 19.1 Å². The number of hydrogen-bond donors (Lipinski definition) is 2. The molecule has 96 valence electrons. The number of aliphatic hydroxyl groups is 1. The maximum atomic E-state index is 10.2. The van der Waals surface area contributed by atoms with E-state index >= 15 is 0 Å². The molecule has 2 rings (SSSR count). The summed E-state index contributed by atoms with van der Waals surface area (Å²) in [5, 5.41) is 20.7. The van der Waals surface area contributed by atoms with Gasteiger partial charge < -0.3 is 14.9 Å². The van der Waals surface area contributed by atoms with Crippen LogP contribution in [0.5, 0.6) is 11.5 Å². The molecule has 1 atom stereocenters. The summed E-state index contributed by atoms with van der Waals surface area (Å²) in [6.07, 6.45) is -0.138. The van der Waals surface area contributed by atoms with E-state index in [4.69, 9.17) is 4.74 Å². The lowest BCUT2D eigenvalue weighted by Gasteiger charge is -2.15. The summed E-state index contributed by atoms with van der Waals surface area (Å²) >= 11 is 0. The fourth-order valence-corrected chi connectivity index (χ4v) is 2.11. The maximum Gasteiger partial charge on any atom is 0.143 e. The minimum atomic E-state index is -0.757. The Hall–Kier alpha value is -1.81. The first-order valence-corrected chi connectivity index (χ1v) is 5.96. The number of nitrogens with zero attached hydrogens (tertiary/aromatic N) is 1. The number of aromatic nitrogens is 1. The molecule has 0 radical (unpaired) electrons. The number of aryl methyl sites for hydroxylation is 1. The van der Waals surface area contributed by atoms with Crippen molar-refractivity contribution in [3.05, 3.63) is 29.5 Å². The van der Waals surface area contributed by atoms with E-state index in [2.05, 4.69) is 4.98 Å². The number of hydrogen-bond acceptors (Lipinski definition) is 4. The quantitative estimate of drug-likeness (QED) is 0.875. The van der Waals surface area contributed by atoms with Gasteiger partial charge >= 0.3 is 0 Å². The van der Waals surface area contributed by atoms with Crippen LogP contribution in [0.25, 0.3) is 10.9 Å². The molecule has 2 N–H and O–H groups in total. The first-order chi connectivity index (χ1) is 8.58. The van der Waals surface area contributed by atoms with Crippen LogP contribution in [0, 0.1) is 0 Å². The molecule has 0 amide bonds. The van der Waals surface area contributed by atoms with Gasteiger partial charge in [-0.05, 0) is 31.5 Å². The third kappa shape index (κ3) is 1.99. The van der Waals surface area contributed by atoms with Crippen molar-refractivity contribution in [2.75, 3.05) is 7.11 Å². The summed E-state index contributed by atoms with van der Waals surface area (Å²) in [4.78, 5) is 4.40. The smallest absolute Gasteiger partial charge is 0.143 e. The standard InChI is InChI=1S/C14H17NO3/c1-4-11-14(17)13(8(2)16)10-7-9(18-3)5-6-12(10)15-11/h5-8,16-17H,4H2,1-3H3. The molecular formula is C14H17NO3. The van der Waals surface area contributed by atoms with Crippen molar-refractivity contribution in [2.45, 2.75) is 26.4 Å². The lowest BCUT2D eigenvalue weighted by Crippen LogP contribution is -2.00. The molecule has 0 aliphatic rings. The van der Waals surface area contributed by atoms with Crippen LogP contribution < -0.4 is 4.74 Å². The number of pyridine rings is 1. The van der Waals surface area contributed by atoms with E-state index in [0.29, 0.717) is 23.4 Å². The van der Waals surface area contributed by atoms with E-state index in [-0.39, 0.29) is 5.75 Å². The number of methoxy groups -OCH3 is 1. The first-order valence-electron chi connectivity index (χ1n) is 5.96. The normalized spacial score (nSPS) is 12.7. The highest BCUT2D eigenvalue weighted by Gasteiger charge is 2.17. The van der Waals surface area contributed by atoms with Gasteiger partial charge in [-0.25, -0.2) is 4.98 Å². The molecule has 18 heavy (non-hydrogen) atoms. The van der Waals surface area contributed by atoms with E-state index in [1.165, 1.54) is 0 Å². The maximum absolute atomic E-state index is 10.2. The highest BCUT2D eigenvalue weighted by Crippen LogP contribution is 2.35. The first kappa shape index (κ1) is 12.6. The zero-order valence-corrected chi connectivity index (χ0v) is 10.8. The topological polar surface area (TPSA) is 62.6 Å². The van der Waals surface area contributed by atoms with Gasteiger partial charge in [0.15, 0.2) is 0 Å². The molecular weight excluding hydrogens is 230 g/mol. The van der Waals surface area contributed by atoms with Gasteiger partial charge in [-0.1, -0.05) is 6.92 Å². The largest absolute Gasteiger partial charge is 0.506 e. The van der Waals surface area contributed by atoms with E-state index < -0.39 is 6.10 Å². The molecule has 1 aromatic heterocycles. The second-order valence-corrected chi connectivity index (χ2v) is 4.23. The van der Waals surface area contributed by atoms with E-state index in [9.17, 15) is 10.2 Å². The van der Waals surface area contributed by atoms with Crippen LogP contribution in [0.15, 0.2) is 18.2 Å². The molecule has 0 bridgehead atoms. The Morgan fingerprint density at radius 3 is 2.67 bits per heavy atom. The van der Waals surface area contributed by atoms with Crippen LogP contribution in [-0.4, -0.2) is 22.3 Å². The Labute approximate surface area is 106 Å². The third-order valence-corrected chi connectivity index (χ3v) is 3.03. The second kappa shape index (κ2) is 4.82. The molecule has 1 unspecified atom stereocenters. The molecule has 4 heteroatoms. The third-order valence-electron chi connectivity index (χ3n) is 3.03. The minimum Gasteiger partial charge on any atom is -0.506 e. The zero-order chi connectivity index (χ0) is 13.3. The van der Waals surface area contributed by atoms with Gasteiger partial charge in [0.25, 0.3) is 0 Å². The molecule has 0 fully saturated rings. The Morgan fingerprint density at radius 2 is 2.11 bits per heavy atom. The minimum absolute atomic E-state index is 0.0771. The van der Waals surface area contributed by atoms with E-state index in [1.54, 1.807) is 20.1 Å². The molecule has 2 aromatic rings. The average Bonchev–Trinajstić information content (AvgIpc) is 2.36. The second-order valence-electron chi connectivity index (χ2n) is 4.23. The van der Waals surface area contributed by atoms with Gasteiger partial charge in [0.2, 0.25) is 0 Å². The Bertz CT molecular complexity index is 579. The molecule has 0 saturated heterocycles. The number of fused-ring (bicyclic) bond motifs is 1. The van der Waals surface area contributed by atoms with E-state index in [0.717, 1.165) is 10.9 Å². The van der Waals surface area contributed by atoms with Crippen LogP contribution in [0.2, 0.25) is 0 Å². The average molecular weight is 247 g/mol. The summed E-state index contributed by atoms with van der Waals surface area (Å²) in [6.45, 7) is 3.55. The number of aromatic hydroxyl groups is 1. The molecule has 0 aliphatic heterocycles. The highest BCUT2D eigenvalue weighted by molar-refractivity contribution is 5.86. The predicted octanol–water partition coefficient (Wildman–Crippen LogP) is 2.56. The van der Waals surface area contributed by atoms with Gasteiger partial charge in [-0.3, -0.25) is 0 Å². The molecule has 1 heterocycles. The van der Waals surface area contributed by atoms with Crippen molar-refractivity contribution in [3.63, 3.8) is 0 Å². The van der Waals surface area contributed by atoms with Gasteiger partial charge in [-0.2, -0.15) is 0 Å². The number of ether oxygens (including phenoxy) is 1. The summed E-state index contributed by atoms with van der Waals surface area (Å²) in [5.74, 6) is 0.753. The summed E-state index contributed by atoms with van der Waals surface area (Å²) < 4.78 is 5.16. The Morgan fingerprint density at radius 1 is 1.39 bits per heavy atom. The van der Waals surface area contributed by atoms with Crippen molar-refractivity contribution in [3.8, 4) is 11.5 Å². The van der Waals surface area contributed by atoms with Gasteiger partial charge in [0, 0.05) is 10.9 Å². The summed E-state index contributed by atoms with van der Waals surface area (Å²) in [6, 6.07) is 5.43. The molecule has 0 aliphatic carbocycles. The van der Waals surface area contributed by atoms with Gasteiger partial charge in [0.1, 0.15) is 11.5 Å². The number of benzene rings is 1. The lowest BCUT2D eigenvalue weighted by molar-refractivity contribution is 0.196. The van der Waals surface area contributed by atoms with Crippen LogP contribution in [0.4, 0.5) is 0 Å². The van der Waals surface area contributed by atoms with Crippen molar-refractivity contribution in [1.29, 1.82) is 0 Å². The van der Waals surface area contributed by atoms with Crippen LogP contribution in [0.1, 0.15) is 31.2 Å². The van der Waals surface area contributed by atoms with Crippen molar-refractivity contribution in [2.24, 2.45) is 0 Å². The van der Waals surface area contributed by atoms with Crippen LogP contribution in [-0.2, 0) is 6.42 Å². The number of aliphatic hydroxyl groups excluding tert-OH is 1. The SMILES string of the molecule is CCc1nc2ccc(OC)cc2c(C(C)O)c1O. The zero-order valence-electron chi connectivity index (χ0n) is 10.8. The van der Waals surface area contributed by atoms with Crippen molar-refractivity contribution >= 4 is 10.9 Å². The molecule has 0 saturated carbocycles. The van der Waals surface area contributed by atoms with Crippen LogP contribution in [0.3, 0.4) is 0 Å². The summed E-state index contributed by atoms with van der Waals surface area (Å²) in [5.41, 5.74) is 1.86. The van der Waals surface area contributed by atoms with Gasteiger partial charge in [0.05, 0.1) is 24.4 Å². The number of rotatable bonds is 3. The fraction of sp³-hybridized carbons (Fsp3) is 0.357. The van der Waals surface area contributed by atoms with Crippen molar-refractivity contribution < 1.29 is 14.9 Å². The molecule has 1 aromatic carbocycles. The molecule has 0 spiro atoms. The Balaban J connectivity index is 2.83. The Kier molecular flexibility index (Phi) is 3.39. The predicted molar refractivity (Wildman–Crippen MR) is 70.0 cm³/mol. The fourth-order valence-electron chi connectivity index (χ4n) is 2.11. The monoisotopic (exact) mass is 247 g/mol. The van der Waals surface area contributed by atoms with Crippen LogP contribution >= 0.6 is 0 Å². The summed E-state index contributed by atoms with van der Waals surface area (Å²) in [7, 11) is 1.58. The molecule has 4 nitrogen and oxygen atoms in total. The van der Waals surface area contributed by atoms with Gasteiger partial charge in [-0.15, -0.1) is 0 Å². The van der Waals surface area contributed by atoms with Crippen molar-refractivity contribution in [1.82, 2.24) is 4.98 Å². The highest BCUT2D eigenvalue weighted by atomic mass is 16.5. The lowest BCUT2D eigenvalue weighted by atomic mass is 10.0.